The minimum Gasteiger partial charge on any atom is -0.507 e. The van der Waals surface area contributed by atoms with Crippen molar-refractivity contribution < 1.29 is 18.3 Å². The van der Waals surface area contributed by atoms with E-state index in [9.17, 15) is 18.3 Å². The zero-order valence-electron chi connectivity index (χ0n) is 11.4. The fraction of sp³-hybridized carbons (Fsp3) is 0.133. The van der Waals surface area contributed by atoms with E-state index in [4.69, 9.17) is 11.6 Å². The molecule has 0 radical (unpaired) electrons. The molecule has 3 nitrogen and oxygen atoms in total. The van der Waals surface area contributed by atoms with Gasteiger partial charge in [-0.1, -0.05) is 23.7 Å². The Morgan fingerprint density at radius 3 is 2.50 bits per heavy atom. The summed E-state index contributed by atoms with van der Waals surface area (Å²) in [4.78, 5) is 0. The van der Waals surface area contributed by atoms with Gasteiger partial charge in [-0.25, -0.2) is 0 Å². The van der Waals surface area contributed by atoms with Gasteiger partial charge in [0, 0.05) is 5.56 Å². The normalized spacial score (nSPS) is 12.3. The van der Waals surface area contributed by atoms with E-state index in [0.717, 1.165) is 18.2 Å². The Balaban J connectivity index is 2.28. The highest BCUT2D eigenvalue weighted by Gasteiger charge is 2.30. The lowest BCUT2D eigenvalue weighted by Gasteiger charge is -2.11. The lowest BCUT2D eigenvalue weighted by atomic mass is 10.1. The molecular weight excluding hydrogens is 317 g/mol. The van der Waals surface area contributed by atoms with Crippen LogP contribution in [0.15, 0.2) is 47.6 Å². The van der Waals surface area contributed by atoms with E-state index in [1.165, 1.54) is 6.07 Å². The lowest BCUT2D eigenvalue weighted by molar-refractivity contribution is -0.137. The Hall–Kier alpha value is -2.21. The third-order valence-electron chi connectivity index (χ3n) is 2.93. The number of hydrazone groups is 1. The van der Waals surface area contributed by atoms with Crippen LogP contribution in [-0.4, -0.2) is 10.8 Å². The smallest absolute Gasteiger partial charge is 0.416 e. The van der Waals surface area contributed by atoms with Crippen LogP contribution in [0.25, 0.3) is 0 Å². The van der Waals surface area contributed by atoms with Crippen LogP contribution in [0, 0.1) is 0 Å². The van der Waals surface area contributed by atoms with Crippen molar-refractivity contribution >= 4 is 23.0 Å². The predicted molar refractivity (Wildman–Crippen MR) is 80.4 cm³/mol. The number of anilines is 1. The van der Waals surface area contributed by atoms with Crippen molar-refractivity contribution in [3.05, 3.63) is 58.6 Å². The summed E-state index contributed by atoms with van der Waals surface area (Å²) in [5.74, 6) is 0.0284. The zero-order chi connectivity index (χ0) is 16.3. The number of phenolic OH excluding ortho intramolecular Hbond substituents is 1. The van der Waals surface area contributed by atoms with Crippen LogP contribution in [0.5, 0.6) is 5.75 Å². The number of para-hydroxylation sites is 1. The summed E-state index contributed by atoms with van der Waals surface area (Å²) < 4.78 is 38.0. The van der Waals surface area contributed by atoms with Gasteiger partial charge in [0.1, 0.15) is 5.75 Å². The number of benzene rings is 2. The molecule has 7 heteroatoms. The largest absolute Gasteiger partial charge is 0.507 e. The maximum atomic E-state index is 12.7. The Bertz CT molecular complexity index is 714. The van der Waals surface area contributed by atoms with E-state index < -0.39 is 11.7 Å². The van der Waals surface area contributed by atoms with Crippen LogP contribution in [-0.2, 0) is 6.18 Å². The van der Waals surface area contributed by atoms with E-state index >= 15 is 0 Å². The molecule has 0 amide bonds. The van der Waals surface area contributed by atoms with E-state index in [0.29, 0.717) is 11.3 Å². The van der Waals surface area contributed by atoms with Gasteiger partial charge in [-0.05, 0) is 37.3 Å². The summed E-state index contributed by atoms with van der Waals surface area (Å²) >= 11 is 5.86. The maximum Gasteiger partial charge on any atom is 0.416 e. The second kappa shape index (κ2) is 6.27. The average Bonchev–Trinajstić information content (AvgIpc) is 2.45. The standard InChI is InChI=1S/C15H12ClF3N2O/c1-9(11-4-2-3-5-14(11)22)20-21-13-8-10(15(17,18)19)6-7-12(13)16/h2-8,21-22H,1H3. The van der Waals surface area contributed by atoms with E-state index in [-0.39, 0.29) is 16.5 Å². The van der Waals surface area contributed by atoms with Gasteiger partial charge in [0.25, 0.3) is 0 Å². The molecule has 0 unspecified atom stereocenters. The molecule has 0 aromatic heterocycles. The summed E-state index contributed by atoms with van der Waals surface area (Å²) in [7, 11) is 0. The van der Waals surface area contributed by atoms with Gasteiger partial charge >= 0.3 is 6.18 Å². The molecule has 0 bridgehead atoms. The van der Waals surface area contributed by atoms with Crippen LogP contribution in [0.4, 0.5) is 18.9 Å². The molecule has 0 spiro atoms. The number of hydrogen-bond acceptors (Lipinski definition) is 3. The molecule has 0 saturated heterocycles. The van der Waals surface area contributed by atoms with Gasteiger partial charge in [0.05, 0.1) is 22.0 Å². The van der Waals surface area contributed by atoms with Crippen molar-refractivity contribution in [3.8, 4) is 5.75 Å². The number of halogens is 4. The van der Waals surface area contributed by atoms with Crippen molar-refractivity contribution in [2.75, 3.05) is 5.43 Å². The number of hydrogen-bond donors (Lipinski definition) is 2. The molecule has 22 heavy (non-hydrogen) atoms. The third-order valence-corrected chi connectivity index (χ3v) is 3.26. The van der Waals surface area contributed by atoms with Crippen LogP contribution in [0.2, 0.25) is 5.02 Å². The Morgan fingerprint density at radius 1 is 1.18 bits per heavy atom. The molecule has 2 rings (SSSR count). The molecule has 116 valence electrons. The topological polar surface area (TPSA) is 44.6 Å². The molecule has 2 aromatic rings. The first-order chi connectivity index (χ1) is 10.3. The Morgan fingerprint density at radius 2 is 1.86 bits per heavy atom. The first-order valence-electron chi connectivity index (χ1n) is 6.24. The molecule has 2 N–H and O–H groups in total. The minimum absolute atomic E-state index is 0.0284. The monoisotopic (exact) mass is 328 g/mol. The van der Waals surface area contributed by atoms with Crippen molar-refractivity contribution in [3.63, 3.8) is 0 Å². The first-order valence-corrected chi connectivity index (χ1v) is 6.62. The van der Waals surface area contributed by atoms with Crippen molar-refractivity contribution in [2.45, 2.75) is 13.1 Å². The predicted octanol–water partition coefficient (Wildman–Crippen LogP) is 4.90. The van der Waals surface area contributed by atoms with E-state index in [1.807, 2.05) is 0 Å². The summed E-state index contributed by atoms with van der Waals surface area (Å²) in [5, 5.41) is 13.8. The second-order valence-corrected chi connectivity index (χ2v) is 4.93. The third kappa shape index (κ3) is 3.71. The number of nitrogens with zero attached hydrogens (tertiary/aromatic N) is 1. The molecule has 0 atom stereocenters. The molecule has 0 fully saturated rings. The summed E-state index contributed by atoms with van der Waals surface area (Å²) in [6.07, 6.45) is -4.46. The summed E-state index contributed by atoms with van der Waals surface area (Å²) in [5.41, 5.74) is 2.58. The highest BCUT2D eigenvalue weighted by Crippen LogP contribution is 2.33. The number of rotatable bonds is 3. The van der Waals surface area contributed by atoms with Crippen LogP contribution in [0.1, 0.15) is 18.1 Å². The highest BCUT2D eigenvalue weighted by molar-refractivity contribution is 6.33. The average molecular weight is 329 g/mol. The van der Waals surface area contributed by atoms with Crippen molar-refractivity contribution in [2.24, 2.45) is 5.10 Å². The van der Waals surface area contributed by atoms with Gasteiger partial charge in [-0.2, -0.15) is 18.3 Å². The van der Waals surface area contributed by atoms with Crippen molar-refractivity contribution in [1.82, 2.24) is 0 Å². The fourth-order valence-corrected chi connectivity index (χ4v) is 1.93. The fourth-order valence-electron chi connectivity index (χ4n) is 1.77. The number of aromatic hydroxyl groups is 1. The molecule has 0 saturated carbocycles. The summed E-state index contributed by atoms with van der Waals surface area (Å²) in [6.45, 7) is 1.61. The number of alkyl halides is 3. The Labute approximate surface area is 130 Å². The van der Waals surface area contributed by atoms with Gasteiger partial charge in [0.15, 0.2) is 0 Å². The molecule has 0 aliphatic rings. The molecule has 0 heterocycles. The van der Waals surface area contributed by atoms with Crippen molar-refractivity contribution in [1.29, 1.82) is 0 Å². The van der Waals surface area contributed by atoms with Gasteiger partial charge in [-0.15, -0.1) is 0 Å². The minimum atomic E-state index is -4.46. The second-order valence-electron chi connectivity index (χ2n) is 4.52. The quantitative estimate of drug-likeness (QED) is 0.621. The van der Waals surface area contributed by atoms with E-state index in [1.54, 1.807) is 25.1 Å². The number of phenols is 1. The number of nitrogens with one attached hydrogen (secondary N) is 1. The lowest BCUT2D eigenvalue weighted by Crippen LogP contribution is -2.06. The SMILES string of the molecule is CC(=NNc1cc(C(F)(F)F)ccc1Cl)c1ccccc1O. The molecule has 2 aromatic carbocycles. The molecular formula is C15H12ClF3N2O. The summed E-state index contributed by atoms with van der Waals surface area (Å²) in [6, 6.07) is 9.43. The van der Waals surface area contributed by atoms with Gasteiger partial charge in [0.2, 0.25) is 0 Å². The van der Waals surface area contributed by atoms with E-state index in [2.05, 4.69) is 10.5 Å². The molecule has 0 aliphatic heterocycles. The first kappa shape index (κ1) is 16.2. The Kier molecular flexibility index (Phi) is 4.61. The van der Waals surface area contributed by atoms with Gasteiger partial charge < -0.3 is 5.11 Å². The zero-order valence-corrected chi connectivity index (χ0v) is 12.2. The van der Waals surface area contributed by atoms with Gasteiger partial charge in [-0.3, -0.25) is 5.43 Å². The van der Waals surface area contributed by atoms with Crippen LogP contribution < -0.4 is 5.43 Å². The van der Waals surface area contributed by atoms with Crippen LogP contribution in [0.3, 0.4) is 0 Å². The van der Waals surface area contributed by atoms with Crippen LogP contribution >= 0.6 is 11.6 Å². The maximum absolute atomic E-state index is 12.7. The highest BCUT2D eigenvalue weighted by atomic mass is 35.5. The molecule has 0 aliphatic carbocycles.